The minimum Gasteiger partial charge on any atom is -0.497 e. The number of aromatic nitrogens is 4. The summed E-state index contributed by atoms with van der Waals surface area (Å²) in [6.45, 7) is 1.48. The van der Waals surface area contributed by atoms with Gasteiger partial charge in [-0.3, -0.25) is 5.10 Å². The zero-order valence-electron chi connectivity index (χ0n) is 14.9. The van der Waals surface area contributed by atoms with Gasteiger partial charge in [0.25, 0.3) is 0 Å². The Balaban J connectivity index is 1.51. The van der Waals surface area contributed by atoms with Crippen LogP contribution in [0, 0.1) is 5.82 Å². The zero-order valence-corrected chi connectivity index (χ0v) is 14.9. The molecule has 140 valence electrons. The maximum Gasteiger partial charge on any atom is 0.153 e. The Labute approximate surface area is 156 Å². The highest BCUT2D eigenvalue weighted by atomic mass is 19.1. The molecule has 4 rings (SSSR count). The predicted octanol–water partition coefficient (Wildman–Crippen LogP) is 3.65. The lowest BCUT2D eigenvalue weighted by Crippen LogP contribution is -2.16. The maximum atomic E-state index is 14.2. The fourth-order valence-electron chi connectivity index (χ4n) is 3.09. The zero-order chi connectivity index (χ0) is 18.6. The van der Waals surface area contributed by atoms with E-state index in [1.54, 1.807) is 30.5 Å². The van der Waals surface area contributed by atoms with E-state index in [9.17, 15) is 4.39 Å². The quantitative estimate of drug-likeness (QED) is 0.714. The van der Waals surface area contributed by atoms with Crippen molar-refractivity contribution >= 4 is 11.6 Å². The molecule has 1 fully saturated rings. The molecule has 8 heteroatoms. The lowest BCUT2D eigenvalue weighted by atomic mass is 9.99. The highest BCUT2D eigenvalue weighted by molar-refractivity contribution is 5.66. The second-order valence-electron chi connectivity index (χ2n) is 6.32. The minimum absolute atomic E-state index is 0.309. The van der Waals surface area contributed by atoms with Gasteiger partial charge < -0.3 is 14.8 Å². The van der Waals surface area contributed by atoms with Crippen molar-refractivity contribution in [3.63, 3.8) is 0 Å². The van der Waals surface area contributed by atoms with Crippen LogP contribution in [-0.4, -0.2) is 40.5 Å². The molecule has 1 aromatic carbocycles. The molecule has 0 aliphatic carbocycles. The van der Waals surface area contributed by atoms with Crippen LogP contribution in [0.2, 0.25) is 0 Å². The number of nitrogens with zero attached hydrogens (tertiary/aromatic N) is 3. The molecule has 0 atom stereocenters. The van der Waals surface area contributed by atoms with E-state index in [-0.39, 0.29) is 5.82 Å². The monoisotopic (exact) mass is 369 g/mol. The van der Waals surface area contributed by atoms with Crippen LogP contribution >= 0.6 is 0 Å². The van der Waals surface area contributed by atoms with Gasteiger partial charge in [-0.05, 0) is 31.0 Å². The number of methoxy groups -OCH3 is 1. The fourth-order valence-corrected chi connectivity index (χ4v) is 3.09. The summed E-state index contributed by atoms with van der Waals surface area (Å²) in [4.78, 5) is 8.98. The summed E-state index contributed by atoms with van der Waals surface area (Å²) >= 11 is 0. The van der Waals surface area contributed by atoms with E-state index < -0.39 is 0 Å². The molecule has 3 aromatic rings. The smallest absolute Gasteiger partial charge is 0.153 e. The summed E-state index contributed by atoms with van der Waals surface area (Å²) in [5.41, 5.74) is 0.985. The topological polar surface area (TPSA) is 84.9 Å². The van der Waals surface area contributed by atoms with Crippen molar-refractivity contribution in [2.24, 2.45) is 0 Å². The van der Waals surface area contributed by atoms with Crippen molar-refractivity contribution in [3.05, 3.63) is 48.2 Å². The Bertz CT molecular complexity index is 924. The third kappa shape index (κ3) is 3.90. The predicted molar refractivity (Wildman–Crippen MR) is 98.6 cm³/mol. The molecule has 27 heavy (non-hydrogen) atoms. The summed E-state index contributed by atoms with van der Waals surface area (Å²) in [6.07, 6.45) is 3.58. The highest BCUT2D eigenvalue weighted by Crippen LogP contribution is 2.28. The van der Waals surface area contributed by atoms with Crippen LogP contribution in [0.4, 0.5) is 16.0 Å². The van der Waals surface area contributed by atoms with Crippen molar-refractivity contribution in [2.45, 2.75) is 18.8 Å². The van der Waals surface area contributed by atoms with E-state index >= 15 is 0 Å². The van der Waals surface area contributed by atoms with Gasteiger partial charge in [-0.15, -0.1) is 0 Å². The number of ether oxygens (including phenoxy) is 2. The summed E-state index contributed by atoms with van der Waals surface area (Å²) in [5, 5.41) is 10.2. The first-order chi connectivity index (χ1) is 13.2. The summed E-state index contributed by atoms with van der Waals surface area (Å²) < 4.78 is 24.7. The number of H-pyrrole nitrogens is 1. The number of rotatable bonds is 5. The molecule has 1 saturated heterocycles. The normalized spacial score (nSPS) is 14.9. The van der Waals surface area contributed by atoms with Crippen molar-refractivity contribution in [1.82, 2.24) is 20.2 Å². The van der Waals surface area contributed by atoms with Crippen LogP contribution in [-0.2, 0) is 4.74 Å². The first-order valence-electron chi connectivity index (χ1n) is 8.80. The Hall–Kier alpha value is -3.00. The molecular formula is C19H20FN5O2. The molecule has 2 N–H and O–H groups in total. The highest BCUT2D eigenvalue weighted by Gasteiger charge is 2.19. The Morgan fingerprint density at radius 1 is 1.19 bits per heavy atom. The molecule has 0 bridgehead atoms. The van der Waals surface area contributed by atoms with Crippen molar-refractivity contribution in [3.8, 4) is 17.0 Å². The lowest BCUT2D eigenvalue weighted by Gasteiger charge is -2.20. The molecular weight excluding hydrogens is 349 g/mol. The van der Waals surface area contributed by atoms with Gasteiger partial charge in [-0.2, -0.15) is 5.10 Å². The summed E-state index contributed by atoms with van der Waals surface area (Å²) in [6, 6.07) is 8.22. The van der Waals surface area contributed by atoms with E-state index in [4.69, 9.17) is 9.47 Å². The van der Waals surface area contributed by atoms with Crippen molar-refractivity contribution < 1.29 is 13.9 Å². The van der Waals surface area contributed by atoms with Crippen LogP contribution in [0.15, 0.2) is 36.5 Å². The van der Waals surface area contributed by atoms with Crippen LogP contribution in [0.5, 0.6) is 5.75 Å². The largest absolute Gasteiger partial charge is 0.497 e. The molecule has 2 aromatic heterocycles. The molecule has 0 radical (unpaired) electrons. The molecule has 3 heterocycles. The standard InChI is InChI=1S/C19H20FN5O2/c1-26-13-2-3-14(15(20)10-13)16-11-18(25-24-16)22-17-4-7-21-19(23-17)12-5-8-27-9-6-12/h2-4,7,10-12H,5-6,8-9H2,1H3,(H2,21,22,23,24,25). The molecule has 0 amide bonds. The van der Waals surface area contributed by atoms with Gasteiger partial charge in [0.2, 0.25) is 0 Å². The van der Waals surface area contributed by atoms with E-state index in [0.29, 0.717) is 34.6 Å². The molecule has 7 nitrogen and oxygen atoms in total. The van der Waals surface area contributed by atoms with Gasteiger partial charge in [0.1, 0.15) is 23.2 Å². The number of hydrogen-bond acceptors (Lipinski definition) is 6. The van der Waals surface area contributed by atoms with Gasteiger partial charge in [0.05, 0.1) is 12.8 Å². The minimum atomic E-state index is -0.381. The second-order valence-corrected chi connectivity index (χ2v) is 6.32. The van der Waals surface area contributed by atoms with Gasteiger partial charge >= 0.3 is 0 Å². The SMILES string of the molecule is COc1ccc(-c2cc(Nc3ccnc(C4CCOCC4)n3)n[nH]2)c(F)c1. The Morgan fingerprint density at radius 2 is 2.04 bits per heavy atom. The van der Waals surface area contributed by atoms with Crippen LogP contribution in [0.25, 0.3) is 11.3 Å². The molecule has 1 aliphatic rings. The second kappa shape index (κ2) is 7.71. The third-order valence-electron chi connectivity index (χ3n) is 4.56. The lowest BCUT2D eigenvalue weighted by molar-refractivity contribution is 0.0836. The molecule has 1 aliphatic heterocycles. The third-order valence-corrected chi connectivity index (χ3v) is 4.56. The van der Waals surface area contributed by atoms with Gasteiger partial charge in [0, 0.05) is 43.0 Å². The molecule has 0 saturated carbocycles. The summed E-state index contributed by atoms with van der Waals surface area (Å²) in [5.74, 6) is 2.41. The number of anilines is 2. The average molecular weight is 369 g/mol. The van der Waals surface area contributed by atoms with Crippen LogP contribution in [0.3, 0.4) is 0 Å². The first kappa shape index (κ1) is 17.4. The van der Waals surface area contributed by atoms with E-state index in [1.807, 2.05) is 0 Å². The van der Waals surface area contributed by atoms with Crippen LogP contribution in [0.1, 0.15) is 24.6 Å². The Kier molecular flexibility index (Phi) is 4.97. The van der Waals surface area contributed by atoms with E-state index in [2.05, 4.69) is 25.5 Å². The Morgan fingerprint density at radius 3 is 2.81 bits per heavy atom. The van der Waals surface area contributed by atoms with Gasteiger partial charge in [0.15, 0.2) is 5.82 Å². The number of nitrogens with one attached hydrogen (secondary N) is 2. The van der Waals surface area contributed by atoms with Gasteiger partial charge in [-0.25, -0.2) is 14.4 Å². The number of hydrogen-bond donors (Lipinski definition) is 2. The molecule has 0 spiro atoms. The van der Waals surface area contributed by atoms with Gasteiger partial charge in [-0.1, -0.05) is 0 Å². The van der Waals surface area contributed by atoms with E-state index in [0.717, 1.165) is 31.9 Å². The molecule has 0 unspecified atom stereocenters. The number of benzene rings is 1. The van der Waals surface area contributed by atoms with E-state index in [1.165, 1.54) is 13.2 Å². The number of aromatic amines is 1. The summed E-state index contributed by atoms with van der Waals surface area (Å²) in [7, 11) is 1.50. The van der Waals surface area contributed by atoms with Crippen molar-refractivity contribution in [1.29, 1.82) is 0 Å². The van der Waals surface area contributed by atoms with Crippen LogP contribution < -0.4 is 10.1 Å². The van der Waals surface area contributed by atoms with Crippen molar-refractivity contribution in [2.75, 3.05) is 25.6 Å². The fraction of sp³-hybridized carbons (Fsp3) is 0.316. The number of halogens is 1. The first-order valence-corrected chi connectivity index (χ1v) is 8.80. The maximum absolute atomic E-state index is 14.2. The average Bonchev–Trinajstić information content (AvgIpc) is 3.17.